The van der Waals surface area contributed by atoms with Gasteiger partial charge < -0.3 is 0 Å². The van der Waals surface area contributed by atoms with E-state index in [0.29, 0.717) is 5.56 Å². The summed E-state index contributed by atoms with van der Waals surface area (Å²) in [6.07, 6.45) is 4.07. The van der Waals surface area contributed by atoms with Gasteiger partial charge in [0.25, 0.3) is 17.7 Å². The van der Waals surface area contributed by atoms with E-state index in [0.717, 1.165) is 21.7 Å². The Labute approximate surface area is 192 Å². The summed E-state index contributed by atoms with van der Waals surface area (Å²) < 4.78 is 0. The van der Waals surface area contributed by atoms with Crippen LogP contribution in [0.3, 0.4) is 0 Å². The molecule has 0 saturated carbocycles. The van der Waals surface area contributed by atoms with Gasteiger partial charge in [0.05, 0.1) is 11.8 Å². The van der Waals surface area contributed by atoms with E-state index in [1.807, 2.05) is 85.8 Å². The summed E-state index contributed by atoms with van der Waals surface area (Å²) in [5.74, 6) is -2.88. The molecule has 4 atom stereocenters. The minimum absolute atomic E-state index is 0.242. The van der Waals surface area contributed by atoms with Crippen molar-refractivity contribution in [2.75, 3.05) is 0 Å². The maximum atomic E-state index is 13.6. The fourth-order valence-corrected chi connectivity index (χ4v) is 5.00. The molecular formula is C28H24N2O3. The van der Waals surface area contributed by atoms with Gasteiger partial charge in [0.2, 0.25) is 0 Å². The highest BCUT2D eigenvalue weighted by Crippen LogP contribution is 2.48. The zero-order chi connectivity index (χ0) is 22.9. The number of fused-ring (bicyclic) bond motifs is 1. The molecule has 2 aliphatic rings. The third-order valence-corrected chi connectivity index (χ3v) is 6.56. The number of hydrazine groups is 1. The number of amides is 3. The zero-order valence-corrected chi connectivity index (χ0v) is 18.2. The van der Waals surface area contributed by atoms with Gasteiger partial charge in [0, 0.05) is 17.4 Å². The van der Waals surface area contributed by atoms with Gasteiger partial charge in [0.1, 0.15) is 0 Å². The normalized spacial score (nSPS) is 24.0. The van der Waals surface area contributed by atoms with E-state index in [1.165, 1.54) is 0 Å². The number of nitrogens with one attached hydrogen (secondary N) is 1. The molecule has 0 bridgehead atoms. The number of nitrogens with zero attached hydrogens (tertiary/aromatic N) is 1. The molecule has 3 amide bonds. The maximum Gasteiger partial charge on any atom is 0.270 e. The minimum Gasteiger partial charge on any atom is -0.272 e. The van der Waals surface area contributed by atoms with Crippen LogP contribution >= 0.6 is 0 Å². The van der Waals surface area contributed by atoms with Crippen molar-refractivity contribution in [1.29, 1.82) is 0 Å². The molecule has 1 heterocycles. The molecule has 5 nitrogen and oxygen atoms in total. The maximum absolute atomic E-state index is 13.6. The van der Waals surface area contributed by atoms with Gasteiger partial charge in [-0.15, -0.1) is 0 Å². The number of allylic oxidation sites excluding steroid dienone is 2. The summed E-state index contributed by atoms with van der Waals surface area (Å²) in [7, 11) is 0. The molecule has 1 N–H and O–H groups in total. The van der Waals surface area contributed by atoms with Gasteiger partial charge in [-0.3, -0.25) is 19.8 Å². The molecule has 5 heteroatoms. The fraction of sp³-hybridized carbons (Fsp3) is 0.179. The second-order valence-corrected chi connectivity index (χ2v) is 8.63. The predicted octanol–water partition coefficient (Wildman–Crippen LogP) is 4.38. The average Bonchev–Trinajstić information content (AvgIpc) is 3.10. The number of carbonyl (C=O) groups excluding carboxylic acids is 3. The first-order chi connectivity index (χ1) is 16.0. The van der Waals surface area contributed by atoms with E-state index in [4.69, 9.17) is 0 Å². The number of aryl methyl sites for hydroxylation is 1. The monoisotopic (exact) mass is 436 g/mol. The van der Waals surface area contributed by atoms with Crippen LogP contribution < -0.4 is 5.43 Å². The van der Waals surface area contributed by atoms with E-state index >= 15 is 0 Å². The SMILES string of the molecule is Cc1cccc(C(=O)NN2C(=O)[C@H]3[C@H](C2=O)[C@H](c2ccccc2)C=C[C@@H]3c2ccccc2)c1. The third-order valence-electron chi connectivity index (χ3n) is 6.56. The molecule has 0 unspecified atom stereocenters. The predicted molar refractivity (Wildman–Crippen MR) is 125 cm³/mol. The Morgan fingerprint density at radius 1 is 0.727 bits per heavy atom. The van der Waals surface area contributed by atoms with Crippen LogP contribution in [0.4, 0.5) is 0 Å². The molecule has 0 radical (unpaired) electrons. The largest absolute Gasteiger partial charge is 0.272 e. The van der Waals surface area contributed by atoms with Crippen molar-refractivity contribution in [3.05, 3.63) is 119 Å². The summed E-state index contributed by atoms with van der Waals surface area (Å²) in [4.78, 5) is 40.1. The number of hydrogen-bond acceptors (Lipinski definition) is 3. The summed E-state index contributed by atoms with van der Waals surface area (Å²) in [6.45, 7) is 1.89. The highest BCUT2D eigenvalue weighted by atomic mass is 16.2. The number of rotatable bonds is 4. The van der Waals surface area contributed by atoms with Crippen molar-refractivity contribution in [3.8, 4) is 0 Å². The first-order valence-electron chi connectivity index (χ1n) is 11.1. The first kappa shape index (κ1) is 20.9. The van der Waals surface area contributed by atoms with Crippen molar-refractivity contribution in [2.45, 2.75) is 18.8 Å². The van der Waals surface area contributed by atoms with Crippen molar-refractivity contribution >= 4 is 17.7 Å². The third kappa shape index (κ3) is 3.76. The van der Waals surface area contributed by atoms with Gasteiger partial charge in [-0.05, 0) is 30.2 Å². The average molecular weight is 437 g/mol. The Hall–Kier alpha value is -3.99. The summed E-state index contributed by atoms with van der Waals surface area (Å²) in [6, 6.07) is 26.5. The number of hydrogen-bond donors (Lipinski definition) is 1. The highest BCUT2D eigenvalue weighted by molar-refractivity contribution is 6.09. The van der Waals surface area contributed by atoms with Gasteiger partial charge >= 0.3 is 0 Å². The van der Waals surface area contributed by atoms with Crippen LogP contribution in [0.1, 0.15) is 38.9 Å². The molecule has 3 aromatic rings. The molecule has 1 saturated heterocycles. The van der Waals surface area contributed by atoms with Crippen LogP contribution in [-0.4, -0.2) is 22.7 Å². The van der Waals surface area contributed by atoms with Crippen LogP contribution in [0.15, 0.2) is 97.1 Å². The lowest BCUT2D eigenvalue weighted by Crippen LogP contribution is -2.46. The lowest BCUT2D eigenvalue weighted by molar-refractivity contribution is -0.142. The van der Waals surface area contributed by atoms with Crippen molar-refractivity contribution in [3.63, 3.8) is 0 Å². The smallest absolute Gasteiger partial charge is 0.270 e. The Kier molecular flexibility index (Phi) is 5.38. The molecule has 164 valence electrons. The summed E-state index contributed by atoms with van der Waals surface area (Å²) in [5.41, 5.74) is 5.87. The molecule has 0 aromatic heterocycles. The second-order valence-electron chi connectivity index (χ2n) is 8.63. The Morgan fingerprint density at radius 3 is 1.73 bits per heavy atom. The quantitative estimate of drug-likeness (QED) is 0.488. The van der Waals surface area contributed by atoms with E-state index in [9.17, 15) is 14.4 Å². The first-order valence-corrected chi connectivity index (χ1v) is 11.1. The van der Waals surface area contributed by atoms with Gasteiger partial charge in [-0.1, -0.05) is 90.5 Å². The van der Waals surface area contributed by atoms with Crippen LogP contribution in [0.25, 0.3) is 0 Å². The van der Waals surface area contributed by atoms with Gasteiger partial charge in [-0.25, -0.2) is 0 Å². The lowest BCUT2D eigenvalue weighted by Gasteiger charge is -2.32. The lowest BCUT2D eigenvalue weighted by atomic mass is 9.68. The second kappa shape index (κ2) is 8.51. The zero-order valence-electron chi connectivity index (χ0n) is 18.2. The molecule has 5 rings (SSSR count). The fourth-order valence-electron chi connectivity index (χ4n) is 5.00. The van der Waals surface area contributed by atoms with Gasteiger partial charge in [-0.2, -0.15) is 5.01 Å². The van der Waals surface area contributed by atoms with Crippen molar-refractivity contribution in [2.24, 2.45) is 11.8 Å². The van der Waals surface area contributed by atoms with Crippen LogP contribution in [0.2, 0.25) is 0 Å². The van der Waals surface area contributed by atoms with E-state index in [1.54, 1.807) is 18.2 Å². The van der Waals surface area contributed by atoms with Crippen molar-refractivity contribution < 1.29 is 14.4 Å². The highest BCUT2D eigenvalue weighted by Gasteiger charge is 2.55. The van der Waals surface area contributed by atoms with Crippen LogP contribution in [-0.2, 0) is 9.59 Å². The van der Waals surface area contributed by atoms with E-state index in [2.05, 4.69) is 5.43 Å². The summed E-state index contributed by atoms with van der Waals surface area (Å²) in [5, 5.41) is 0.943. The van der Waals surface area contributed by atoms with Crippen molar-refractivity contribution in [1.82, 2.24) is 10.4 Å². The van der Waals surface area contributed by atoms with E-state index in [-0.39, 0.29) is 23.7 Å². The van der Waals surface area contributed by atoms with Gasteiger partial charge in [0.15, 0.2) is 0 Å². The molecule has 1 aliphatic carbocycles. The Morgan fingerprint density at radius 2 is 1.24 bits per heavy atom. The summed E-state index contributed by atoms with van der Waals surface area (Å²) >= 11 is 0. The molecular weight excluding hydrogens is 412 g/mol. The Bertz CT molecular complexity index is 1170. The molecule has 3 aromatic carbocycles. The molecule has 1 fully saturated rings. The number of benzene rings is 3. The standard InChI is InChI=1S/C28H24N2O3/c1-18-9-8-14-21(17-18)26(31)29-30-27(32)24-22(19-10-4-2-5-11-19)15-16-23(25(24)28(30)33)20-12-6-3-7-13-20/h2-17,22-25H,1H3,(H,29,31)/t22-,23+,24-,25-/m1/s1. The molecule has 33 heavy (non-hydrogen) atoms. The van der Waals surface area contributed by atoms with Crippen LogP contribution in [0.5, 0.6) is 0 Å². The van der Waals surface area contributed by atoms with Crippen LogP contribution in [0, 0.1) is 18.8 Å². The van der Waals surface area contributed by atoms with E-state index < -0.39 is 17.7 Å². The topological polar surface area (TPSA) is 66.5 Å². The number of imide groups is 1. The minimum atomic E-state index is -0.590. The molecule has 0 spiro atoms. The number of carbonyl (C=O) groups is 3. The Balaban J connectivity index is 1.52. The molecule has 1 aliphatic heterocycles.